The summed E-state index contributed by atoms with van der Waals surface area (Å²) in [6, 6.07) is 5.90. The Bertz CT molecular complexity index is 719. The fourth-order valence-electron chi connectivity index (χ4n) is 2.24. The van der Waals surface area contributed by atoms with Crippen molar-refractivity contribution in [1.29, 1.82) is 0 Å². The van der Waals surface area contributed by atoms with Gasteiger partial charge in [-0.2, -0.15) is 0 Å². The second-order valence-electron chi connectivity index (χ2n) is 5.83. The molecule has 0 fully saturated rings. The van der Waals surface area contributed by atoms with E-state index >= 15 is 0 Å². The number of primary amides is 1. The molecule has 1 aromatic carbocycles. The summed E-state index contributed by atoms with van der Waals surface area (Å²) >= 11 is 1.35. The summed E-state index contributed by atoms with van der Waals surface area (Å²) in [5, 5.41) is 3.70. The number of benzene rings is 1. The molecule has 1 aromatic heterocycles. The maximum atomic E-state index is 12.4. The Morgan fingerprint density at radius 1 is 1.33 bits per heavy atom. The lowest BCUT2D eigenvalue weighted by Gasteiger charge is -2.24. The molecule has 5 N–H and O–H groups in total. The molecule has 0 aliphatic carbocycles. The Kier molecular flexibility index (Phi) is 3.91. The summed E-state index contributed by atoms with van der Waals surface area (Å²) in [5.74, 6) is -0.738. The van der Waals surface area contributed by atoms with Crippen molar-refractivity contribution in [3.05, 3.63) is 28.6 Å². The Hall–Kier alpha value is -2.08. The Labute approximate surface area is 127 Å². The van der Waals surface area contributed by atoms with E-state index in [1.807, 2.05) is 25.1 Å². The summed E-state index contributed by atoms with van der Waals surface area (Å²) in [6.07, 6.45) is 0.0721. The van der Waals surface area contributed by atoms with Crippen LogP contribution in [0.2, 0.25) is 0 Å². The molecule has 0 saturated carbocycles. The van der Waals surface area contributed by atoms with Crippen molar-refractivity contribution in [1.82, 2.24) is 5.32 Å². The first kappa shape index (κ1) is 15.3. The standard InChI is InChI=1S/C15H19N3O2S/c1-8-4-5-10-9(6-8)12(17)13(21-10)14(20)18-15(2,3)7-11(16)19/h4-6H,7,17H2,1-3H3,(H2,16,19)(H,18,20). The van der Waals surface area contributed by atoms with E-state index in [4.69, 9.17) is 11.5 Å². The molecule has 0 aliphatic rings. The molecule has 0 saturated heterocycles. The highest BCUT2D eigenvalue weighted by Gasteiger charge is 2.26. The van der Waals surface area contributed by atoms with Gasteiger partial charge in [0.2, 0.25) is 5.91 Å². The minimum absolute atomic E-state index is 0.0721. The third-order valence-corrected chi connectivity index (χ3v) is 4.34. The van der Waals surface area contributed by atoms with Gasteiger partial charge in [-0.25, -0.2) is 0 Å². The largest absolute Gasteiger partial charge is 0.397 e. The van der Waals surface area contributed by atoms with Gasteiger partial charge in [-0.15, -0.1) is 11.3 Å². The van der Waals surface area contributed by atoms with Crippen LogP contribution >= 0.6 is 11.3 Å². The second kappa shape index (κ2) is 5.37. The fourth-order valence-corrected chi connectivity index (χ4v) is 3.24. The molecule has 0 unspecified atom stereocenters. The average Bonchev–Trinajstić information content (AvgIpc) is 2.64. The molecule has 2 aromatic rings. The minimum atomic E-state index is -0.707. The van der Waals surface area contributed by atoms with Crippen molar-refractivity contribution in [3.8, 4) is 0 Å². The number of anilines is 1. The lowest BCUT2D eigenvalue weighted by atomic mass is 10.00. The van der Waals surface area contributed by atoms with Crippen molar-refractivity contribution in [2.75, 3.05) is 5.73 Å². The highest BCUT2D eigenvalue weighted by Crippen LogP contribution is 2.34. The Morgan fingerprint density at radius 2 is 2.00 bits per heavy atom. The molecule has 0 atom stereocenters. The first-order chi connectivity index (χ1) is 9.69. The number of hydrogen-bond acceptors (Lipinski definition) is 4. The number of aryl methyl sites for hydroxylation is 1. The third kappa shape index (κ3) is 3.33. The van der Waals surface area contributed by atoms with Gasteiger partial charge in [0.15, 0.2) is 0 Å². The van der Waals surface area contributed by atoms with Crippen LogP contribution in [0, 0.1) is 6.92 Å². The Morgan fingerprint density at radius 3 is 2.62 bits per heavy atom. The van der Waals surface area contributed by atoms with Crippen LogP contribution in [0.15, 0.2) is 18.2 Å². The molecule has 6 heteroatoms. The zero-order valence-corrected chi connectivity index (χ0v) is 13.1. The zero-order valence-electron chi connectivity index (χ0n) is 12.3. The van der Waals surface area contributed by atoms with E-state index in [2.05, 4.69) is 5.32 Å². The predicted octanol–water partition coefficient (Wildman–Crippen LogP) is 2.18. The number of fused-ring (bicyclic) bond motifs is 1. The monoisotopic (exact) mass is 305 g/mol. The van der Waals surface area contributed by atoms with Crippen LogP contribution in [0.3, 0.4) is 0 Å². The molecule has 5 nitrogen and oxygen atoms in total. The Balaban J connectivity index is 2.32. The minimum Gasteiger partial charge on any atom is -0.397 e. The van der Waals surface area contributed by atoms with E-state index in [0.29, 0.717) is 10.6 Å². The summed E-state index contributed by atoms with van der Waals surface area (Å²) in [5.41, 5.74) is 12.1. The van der Waals surface area contributed by atoms with Gasteiger partial charge in [-0.1, -0.05) is 11.6 Å². The van der Waals surface area contributed by atoms with E-state index in [9.17, 15) is 9.59 Å². The molecule has 0 aliphatic heterocycles. The van der Waals surface area contributed by atoms with E-state index in [1.54, 1.807) is 13.8 Å². The van der Waals surface area contributed by atoms with Crippen molar-refractivity contribution in [3.63, 3.8) is 0 Å². The number of amides is 2. The van der Waals surface area contributed by atoms with Crippen LogP contribution in [0.5, 0.6) is 0 Å². The van der Waals surface area contributed by atoms with Crippen LogP contribution < -0.4 is 16.8 Å². The summed E-state index contributed by atoms with van der Waals surface area (Å²) in [7, 11) is 0. The number of nitrogen functional groups attached to an aromatic ring is 1. The van der Waals surface area contributed by atoms with Gasteiger partial charge in [0.1, 0.15) is 4.88 Å². The van der Waals surface area contributed by atoms with Crippen LogP contribution in [-0.2, 0) is 4.79 Å². The first-order valence-corrected chi connectivity index (χ1v) is 7.41. The number of carbonyl (C=O) groups excluding carboxylic acids is 2. The highest BCUT2D eigenvalue weighted by atomic mass is 32.1. The number of nitrogens with one attached hydrogen (secondary N) is 1. The van der Waals surface area contributed by atoms with E-state index in [1.165, 1.54) is 11.3 Å². The normalized spacial score (nSPS) is 11.6. The maximum Gasteiger partial charge on any atom is 0.263 e. The van der Waals surface area contributed by atoms with Gasteiger partial charge >= 0.3 is 0 Å². The molecule has 0 spiro atoms. The van der Waals surface area contributed by atoms with Gasteiger partial charge < -0.3 is 16.8 Å². The van der Waals surface area contributed by atoms with E-state index in [-0.39, 0.29) is 12.3 Å². The fraction of sp³-hybridized carbons (Fsp3) is 0.333. The summed E-state index contributed by atoms with van der Waals surface area (Å²) in [4.78, 5) is 23.9. The van der Waals surface area contributed by atoms with Crippen molar-refractivity contribution >= 4 is 38.9 Å². The molecule has 1 heterocycles. The number of hydrogen-bond donors (Lipinski definition) is 3. The molecular weight excluding hydrogens is 286 g/mol. The van der Waals surface area contributed by atoms with Gasteiger partial charge in [0, 0.05) is 22.0 Å². The molecule has 112 valence electrons. The molecule has 2 rings (SSSR count). The molecule has 21 heavy (non-hydrogen) atoms. The molecule has 0 bridgehead atoms. The smallest absolute Gasteiger partial charge is 0.263 e. The molecular formula is C15H19N3O2S. The zero-order chi connectivity index (χ0) is 15.8. The second-order valence-corrected chi connectivity index (χ2v) is 6.88. The maximum absolute atomic E-state index is 12.4. The first-order valence-electron chi connectivity index (χ1n) is 6.59. The number of thiophene rings is 1. The SMILES string of the molecule is Cc1ccc2sc(C(=O)NC(C)(C)CC(N)=O)c(N)c2c1. The van der Waals surface area contributed by atoms with Crippen LogP contribution in [0.4, 0.5) is 5.69 Å². The summed E-state index contributed by atoms with van der Waals surface area (Å²) in [6.45, 7) is 5.49. The quantitative estimate of drug-likeness (QED) is 0.807. The number of rotatable bonds is 4. The van der Waals surface area contributed by atoms with Gasteiger partial charge in [-0.05, 0) is 32.9 Å². The predicted molar refractivity (Wildman–Crippen MR) is 86.3 cm³/mol. The van der Waals surface area contributed by atoms with Crippen molar-refractivity contribution < 1.29 is 9.59 Å². The molecule has 0 radical (unpaired) electrons. The van der Waals surface area contributed by atoms with Crippen LogP contribution in [0.1, 0.15) is 35.5 Å². The van der Waals surface area contributed by atoms with Gasteiger partial charge in [0.25, 0.3) is 5.91 Å². The lowest BCUT2D eigenvalue weighted by Crippen LogP contribution is -2.45. The lowest BCUT2D eigenvalue weighted by molar-refractivity contribution is -0.119. The van der Waals surface area contributed by atoms with Gasteiger partial charge in [-0.3, -0.25) is 9.59 Å². The average molecular weight is 305 g/mol. The van der Waals surface area contributed by atoms with E-state index in [0.717, 1.165) is 15.6 Å². The van der Waals surface area contributed by atoms with Crippen molar-refractivity contribution in [2.45, 2.75) is 32.7 Å². The number of carbonyl (C=O) groups is 2. The molecule has 2 amide bonds. The number of nitrogens with two attached hydrogens (primary N) is 2. The van der Waals surface area contributed by atoms with Crippen molar-refractivity contribution in [2.24, 2.45) is 5.73 Å². The van der Waals surface area contributed by atoms with Crippen LogP contribution in [0.25, 0.3) is 10.1 Å². The van der Waals surface area contributed by atoms with Gasteiger partial charge in [0.05, 0.1) is 5.69 Å². The summed E-state index contributed by atoms with van der Waals surface area (Å²) < 4.78 is 0.968. The van der Waals surface area contributed by atoms with E-state index < -0.39 is 11.4 Å². The van der Waals surface area contributed by atoms with Crippen LogP contribution in [-0.4, -0.2) is 17.4 Å². The topological polar surface area (TPSA) is 98.2 Å². The third-order valence-electron chi connectivity index (χ3n) is 3.16. The highest BCUT2D eigenvalue weighted by molar-refractivity contribution is 7.21.